The monoisotopic (exact) mass is 224 g/mol. The lowest BCUT2D eigenvalue weighted by molar-refractivity contribution is 0.478. The Morgan fingerprint density at radius 2 is 1.82 bits per heavy atom. The SMILES string of the molecule is Nc1cc(-c2cc3ccccc3[nH]2)ccc1O. The van der Waals surface area contributed by atoms with Gasteiger partial charge in [0.15, 0.2) is 0 Å². The molecule has 0 unspecified atom stereocenters. The normalized spacial score (nSPS) is 10.8. The number of benzene rings is 2. The zero-order valence-corrected chi connectivity index (χ0v) is 9.14. The van der Waals surface area contributed by atoms with E-state index in [-0.39, 0.29) is 5.75 Å². The summed E-state index contributed by atoms with van der Waals surface area (Å²) in [4.78, 5) is 3.32. The highest BCUT2D eigenvalue weighted by Crippen LogP contribution is 2.29. The van der Waals surface area contributed by atoms with Crippen LogP contribution in [0.3, 0.4) is 0 Å². The summed E-state index contributed by atoms with van der Waals surface area (Å²) < 4.78 is 0. The zero-order chi connectivity index (χ0) is 11.8. The van der Waals surface area contributed by atoms with Crippen molar-refractivity contribution in [3.05, 3.63) is 48.5 Å². The van der Waals surface area contributed by atoms with Crippen LogP contribution in [0.5, 0.6) is 5.75 Å². The molecule has 2 aromatic carbocycles. The van der Waals surface area contributed by atoms with Crippen molar-refractivity contribution in [3.63, 3.8) is 0 Å². The number of hydrogen-bond acceptors (Lipinski definition) is 2. The quantitative estimate of drug-likeness (QED) is 0.439. The smallest absolute Gasteiger partial charge is 0.138 e. The van der Waals surface area contributed by atoms with Gasteiger partial charge in [-0.25, -0.2) is 0 Å². The topological polar surface area (TPSA) is 62.0 Å². The lowest BCUT2D eigenvalue weighted by atomic mass is 10.1. The van der Waals surface area contributed by atoms with Crippen molar-refractivity contribution in [3.8, 4) is 17.0 Å². The number of aromatic nitrogens is 1. The number of phenolic OH excluding ortho intramolecular Hbond substituents is 1. The standard InChI is InChI=1S/C14H12N2O/c15-11-7-10(5-6-14(11)17)13-8-9-3-1-2-4-12(9)16-13/h1-8,16-17H,15H2. The van der Waals surface area contributed by atoms with E-state index in [2.05, 4.69) is 17.1 Å². The highest BCUT2D eigenvalue weighted by Gasteiger charge is 2.04. The van der Waals surface area contributed by atoms with E-state index in [9.17, 15) is 5.11 Å². The Bertz CT molecular complexity index is 653. The molecule has 0 radical (unpaired) electrons. The number of fused-ring (bicyclic) bond motifs is 1. The van der Waals surface area contributed by atoms with Gasteiger partial charge in [-0.05, 0) is 30.3 Å². The molecule has 3 heteroatoms. The summed E-state index contributed by atoms with van der Waals surface area (Å²) >= 11 is 0. The predicted molar refractivity (Wildman–Crippen MR) is 69.8 cm³/mol. The van der Waals surface area contributed by atoms with Crippen LogP contribution >= 0.6 is 0 Å². The molecule has 84 valence electrons. The molecule has 17 heavy (non-hydrogen) atoms. The fourth-order valence-corrected chi connectivity index (χ4v) is 1.95. The number of hydrogen-bond donors (Lipinski definition) is 3. The van der Waals surface area contributed by atoms with Gasteiger partial charge >= 0.3 is 0 Å². The first-order chi connectivity index (χ1) is 8.24. The van der Waals surface area contributed by atoms with Crippen molar-refractivity contribution in [2.75, 3.05) is 5.73 Å². The first-order valence-corrected chi connectivity index (χ1v) is 5.41. The van der Waals surface area contributed by atoms with E-state index in [1.165, 1.54) is 0 Å². The number of nitrogens with one attached hydrogen (secondary N) is 1. The van der Waals surface area contributed by atoms with Crippen molar-refractivity contribution in [1.29, 1.82) is 0 Å². The van der Waals surface area contributed by atoms with Crippen LogP contribution in [0.2, 0.25) is 0 Å². The third-order valence-corrected chi connectivity index (χ3v) is 2.87. The Morgan fingerprint density at radius 1 is 1.00 bits per heavy atom. The summed E-state index contributed by atoms with van der Waals surface area (Å²) in [6.45, 7) is 0. The fourth-order valence-electron chi connectivity index (χ4n) is 1.95. The number of H-pyrrole nitrogens is 1. The lowest BCUT2D eigenvalue weighted by Crippen LogP contribution is -1.86. The number of anilines is 1. The maximum absolute atomic E-state index is 9.40. The molecule has 0 saturated carbocycles. The fraction of sp³-hybridized carbons (Fsp3) is 0. The molecule has 0 bridgehead atoms. The second-order valence-corrected chi connectivity index (χ2v) is 4.04. The average Bonchev–Trinajstić information content (AvgIpc) is 2.76. The van der Waals surface area contributed by atoms with Gasteiger partial charge in [-0.3, -0.25) is 0 Å². The number of nitrogens with two attached hydrogens (primary N) is 1. The van der Waals surface area contributed by atoms with E-state index in [4.69, 9.17) is 5.73 Å². The van der Waals surface area contributed by atoms with E-state index in [1.54, 1.807) is 12.1 Å². The summed E-state index contributed by atoms with van der Waals surface area (Å²) in [6.07, 6.45) is 0. The summed E-state index contributed by atoms with van der Waals surface area (Å²) in [5.74, 6) is 0.116. The third-order valence-electron chi connectivity index (χ3n) is 2.87. The minimum absolute atomic E-state index is 0.116. The van der Waals surface area contributed by atoms with Gasteiger partial charge in [-0.1, -0.05) is 18.2 Å². The van der Waals surface area contributed by atoms with E-state index < -0.39 is 0 Å². The van der Waals surface area contributed by atoms with E-state index in [0.717, 1.165) is 22.2 Å². The van der Waals surface area contributed by atoms with Crippen LogP contribution in [0.4, 0.5) is 5.69 Å². The van der Waals surface area contributed by atoms with Crippen molar-refractivity contribution < 1.29 is 5.11 Å². The van der Waals surface area contributed by atoms with Gasteiger partial charge < -0.3 is 15.8 Å². The second-order valence-electron chi connectivity index (χ2n) is 4.04. The van der Waals surface area contributed by atoms with Crippen molar-refractivity contribution in [2.45, 2.75) is 0 Å². The lowest BCUT2D eigenvalue weighted by Gasteiger charge is -2.01. The molecule has 0 spiro atoms. The third kappa shape index (κ3) is 1.61. The zero-order valence-electron chi connectivity index (χ0n) is 9.14. The highest BCUT2D eigenvalue weighted by atomic mass is 16.3. The molecule has 0 saturated heterocycles. The van der Waals surface area contributed by atoms with Crippen LogP contribution in [-0.2, 0) is 0 Å². The largest absolute Gasteiger partial charge is 0.506 e. The number of rotatable bonds is 1. The molecular weight excluding hydrogens is 212 g/mol. The molecule has 0 aliphatic rings. The first kappa shape index (κ1) is 9.78. The Morgan fingerprint density at radius 3 is 2.59 bits per heavy atom. The highest BCUT2D eigenvalue weighted by molar-refractivity contribution is 5.86. The van der Waals surface area contributed by atoms with Gasteiger partial charge in [0.05, 0.1) is 5.69 Å². The molecule has 3 nitrogen and oxygen atoms in total. The van der Waals surface area contributed by atoms with Gasteiger partial charge in [0.2, 0.25) is 0 Å². The Balaban J connectivity index is 2.17. The Hall–Kier alpha value is -2.42. The van der Waals surface area contributed by atoms with Crippen molar-refractivity contribution in [1.82, 2.24) is 4.98 Å². The molecule has 1 aromatic heterocycles. The number of nitrogen functional groups attached to an aromatic ring is 1. The van der Waals surface area contributed by atoms with Gasteiger partial charge in [-0.15, -0.1) is 0 Å². The number of aromatic amines is 1. The molecule has 0 fully saturated rings. The van der Waals surface area contributed by atoms with E-state index >= 15 is 0 Å². The Labute approximate surface area is 98.5 Å². The summed E-state index contributed by atoms with van der Waals surface area (Å²) in [7, 11) is 0. The Kier molecular flexibility index (Phi) is 2.05. The molecular formula is C14H12N2O. The van der Waals surface area contributed by atoms with Gasteiger partial charge in [0.1, 0.15) is 5.75 Å². The van der Waals surface area contributed by atoms with E-state index in [1.807, 2.05) is 24.3 Å². The van der Waals surface area contributed by atoms with Gasteiger partial charge in [-0.2, -0.15) is 0 Å². The molecule has 1 heterocycles. The molecule has 3 rings (SSSR count). The predicted octanol–water partition coefficient (Wildman–Crippen LogP) is 3.12. The molecule has 4 N–H and O–H groups in total. The summed E-state index contributed by atoms with van der Waals surface area (Å²) in [5.41, 5.74) is 9.14. The summed E-state index contributed by atoms with van der Waals surface area (Å²) in [5, 5.41) is 10.6. The van der Waals surface area contributed by atoms with Crippen LogP contribution in [-0.4, -0.2) is 10.1 Å². The van der Waals surface area contributed by atoms with Crippen LogP contribution in [0, 0.1) is 0 Å². The first-order valence-electron chi connectivity index (χ1n) is 5.41. The minimum Gasteiger partial charge on any atom is -0.506 e. The molecule has 0 atom stereocenters. The summed E-state index contributed by atoms with van der Waals surface area (Å²) in [6, 6.07) is 15.4. The maximum Gasteiger partial charge on any atom is 0.138 e. The van der Waals surface area contributed by atoms with Gasteiger partial charge in [0.25, 0.3) is 0 Å². The van der Waals surface area contributed by atoms with Crippen LogP contribution < -0.4 is 5.73 Å². The minimum atomic E-state index is 0.116. The van der Waals surface area contributed by atoms with Gasteiger partial charge in [0, 0.05) is 22.2 Å². The van der Waals surface area contributed by atoms with Crippen molar-refractivity contribution in [2.24, 2.45) is 0 Å². The van der Waals surface area contributed by atoms with Crippen LogP contribution in [0.25, 0.3) is 22.2 Å². The maximum atomic E-state index is 9.40. The van der Waals surface area contributed by atoms with Crippen LogP contribution in [0.1, 0.15) is 0 Å². The average molecular weight is 224 g/mol. The second kappa shape index (κ2) is 3.56. The van der Waals surface area contributed by atoms with E-state index in [0.29, 0.717) is 5.69 Å². The molecule has 3 aromatic rings. The molecule has 0 aliphatic heterocycles. The number of phenols is 1. The molecule has 0 amide bonds. The number of aromatic hydroxyl groups is 1. The number of para-hydroxylation sites is 1. The van der Waals surface area contributed by atoms with Crippen LogP contribution in [0.15, 0.2) is 48.5 Å². The molecule has 0 aliphatic carbocycles. The van der Waals surface area contributed by atoms with Crippen molar-refractivity contribution >= 4 is 16.6 Å².